The van der Waals surface area contributed by atoms with Crippen molar-refractivity contribution in [2.24, 2.45) is 4.99 Å². The number of aromatic nitrogens is 1. The minimum Gasteiger partial charge on any atom is -0.357 e. The van der Waals surface area contributed by atoms with E-state index in [-0.39, 0.29) is 0 Å². The molecule has 0 aromatic carbocycles. The summed E-state index contributed by atoms with van der Waals surface area (Å²) >= 11 is 1.86. The smallest absolute Gasteiger partial charge is 0.191 e. The molecular formula is C20H29N5S. The maximum absolute atomic E-state index is 4.52. The highest BCUT2D eigenvalue weighted by Crippen LogP contribution is 2.18. The summed E-state index contributed by atoms with van der Waals surface area (Å²) in [6.45, 7) is 7.32. The largest absolute Gasteiger partial charge is 0.357 e. The van der Waals surface area contributed by atoms with Crippen molar-refractivity contribution in [1.82, 2.24) is 15.6 Å². The number of hydrogen-bond donors (Lipinski definition) is 2. The van der Waals surface area contributed by atoms with Crippen LogP contribution in [0.3, 0.4) is 0 Å². The lowest BCUT2D eigenvalue weighted by Crippen LogP contribution is -2.42. The van der Waals surface area contributed by atoms with Crippen molar-refractivity contribution in [3.63, 3.8) is 0 Å². The molecule has 0 radical (unpaired) electrons. The first-order valence-electron chi connectivity index (χ1n) is 9.36. The van der Waals surface area contributed by atoms with Gasteiger partial charge < -0.3 is 15.5 Å². The van der Waals surface area contributed by atoms with E-state index in [0.717, 1.165) is 37.8 Å². The van der Waals surface area contributed by atoms with Crippen LogP contribution < -0.4 is 15.5 Å². The number of anilines is 1. The molecule has 6 heteroatoms. The van der Waals surface area contributed by atoms with Gasteiger partial charge in [0, 0.05) is 55.1 Å². The number of guanidine groups is 1. The van der Waals surface area contributed by atoms with Gasteiger partial charge in [0.05, 0.1) is 0 Å². The lowest BCUT2D eigenvalue weighted by molar-refractivity contribution is 0.645. The van der Waals surface area contributed by atoms with Crippen LogP contribution in [0.5, 0.6) is 0 Å². The molecule has 2 N–H and O–H groups in total. The van der Waals surface area contributed by atoms with E-state index in [9.17, 15) is 0 Å². The summed E-state index contributed by atoms with van der Waals surface area (Å²) in [4.78, 5) is 14.0. The molecule has 1 unspecified atom stereocenters. The number of rotatable bonds is 6. The molecule has 1 saturated heterocycles. The summed E-state index contributed by atoms with van der Waals surface area (Å²) < 4.78 is 0. The van der Waals surface area contributed by atoms with E-state index in [1.165, 1.54) is 28.2 Å². The minimum absolute atomic E-state index is 0.330. The van der Waals surface area contributed by atoms with E-state index in [1.807, 2.05) is 24.6 Å². The highest BCUT2D eigenvalue weighted by Gasteiger charge is 2.14. The highest BCUT2D eigenvalue weighted by atomic mass is 32.1. The Bertz CT molecular complexity index is 733. The van der Waals surface area contributed by atoms with Crippen molar-refractivity contribution >= 4 is 23.1 Å². The first-order chi connectivity index (χ1) is 12.6. The van der Waals surface area contributed by atoms with E-state index in [4.69, 9.17) is 0 Å². The molecule has 140 valence electrons. The second kappa shape index (κ2) is 9.03. The fourth-order valence-electron chi connectivity index (χ4n) is 3.25. The Balaban J connectivity index is 1.51. The standard InChI is InChI=1S/C20H29N5S/c1-15(12-18-7-6-16(2)26-18)24-20(21-3)23-14-17-8-9-22-19(13-17)25-10-4-5-11-25/h6-9,13,15H,4-5,10-12,14H2,1-3H3,(H2,21,23,24). The van der Waals surface area contributed by atoms with Crippen molar-refractivity contribution in [3.8, 4) is 0 Å². The summed E-state index contributed by atoms with van der Waals surface area (Å²) in [6.07, 6.45) is 5.45. The zero-order chi connectivity index (χ0) is 18.4. The van der Waals surface area contributed by atoms with Gasteiger partial charge >= 0.3 is 0 Å². The molecule has 0 amide bonds. The third-order valence-corrected chi connectivity index (χ3v) is 5.63. The van der Waals surface area contributed by atoms with Crippen molar-refractivity contribution in [2.45, 2.75) is 45.7 Å². The van der Waals surface area contributed by atoms with E-state index < -0.39 is 0 Å². The van der Waals surface area contributed by atoms with Crippen LogP contribution in [0.15, 0.2) is 35.5 Å². The van der Waals surface area contributed by atoms with Gasteiger partial charge in [-0.3, -0.25) is 4.99 Å². The Morgan fingerprint density at radius 2 is 2.12 bits per heavy atom. The summed E-state index contributed by atoms with van der Waals surface area (Å²) in [5.41, 5.74) is 1.23. The number of nitrogens with zero attached hydrogens (tertiary/aromatic N) is 3. The SMILES string of the molecule is CN=C(NCc1ccnc(N2CCCC2)c1)NC(C)Cc1ccc(C)s1. The van der Waals surface area contributed by atoms with E-state index in [2.05, 4.69) is 63.6 Å². The van der Waals surface area contributed by atoms with Crippen LogP contribution in [0.2, 0.25) is 0 Å². The van der Waals surface area contributed by atoms with Crippen molar-refractivity contribution < 1.29 is 0 Å². The van der Waals surface area contributed by atoms with Crippen molar-refractivity contribution in [2.75, 3.05) is 25.0 Å². The highest BCUT2D eigenvalue weighted by molar-refractivity contribution is 7.11. The maximum Gasteiger partial charge on any atom is 0.191 e. The Kier molecular flexibility index (Phi) is 6.50. The van der Waals surface area contributed by atoms with Gasteiger partial charge in [0.25, 0.3) is 0 Å². The van der Waals surface area contributed by atoms with E-state index >= 15 is 0 Å². The van der Waals surface area contributed by atoms with Crippen LogP contribution in [0.25, 0.3) is 0 Å². The maximum atomic E-state index is 4.52. The van der Waals surface area contributed by atoms with Gasteiger partial charge in [0.15, 0.2) is 5.96 Å². The summed E-state index contributed by atoms with van der Waals surface area (Å²) in [7, 11) is 1.82. The van der Waals surface area contributed by atoms with Crippen LogP contribution in [0.1, 0.15) is 35.1 Å². The fraction of sp³-hybridized carbons (Fsp3) is 0.500. The molecule has 0 aliphatic carbocycles. The van der Waals surface area contributed by atoms with Crippen LogP contribution in [-0.2, 0) is 13.0 Å². The number of thiophene rings is 1. The van der Waals surface area contributed by atoms with Gasteiger partial charge in [-0.1, -0.05) is 0 Å². The molecule has 1 fully saturated rings. The van der Waals surface area contributed by atoms with Gasteiger partial charge in [-0.15, -0.1) is 11.3 Å². The number of aliphatic imine (C=N–C) groups is 1. The minimum atomic E-state index is 0.330. The Labute approximate surface area is 160 Å². The quantitative estimate of drug-likeness (QED) is 0.604. The van der Waals surface area contributed by atoms with Gasteiger partial charge in [-0.2, -0.15) is 0 Å². The molecule has 0 saturated carbocycles. The van der Waals surface area contributed by atoms with Crippen LogP contribution in [0, 0.1) is 6.92 Å². The average Bonchev–Trinajstić information content (AvgIpc) is 3.31. The zero-order valence-corrected chi connectivity index (χ0v) is 16.8. The summed E-state index contributed by atoms with van der Waals surface area (Å²) in [6, 6.07) is 8.98. The lowest BCUT2D eigenvalue weighted by atomic mass is 10.2. The second-order valence-electron chi connectivity index (χ2n) is 6.90. The average molecular weight is 372 g/mol. The summed E-state index contributed by atoms with van der Waals surface area (Å²) in [5, 5.41) is 6.91. The van der Waals surface area contributed by atoms with Gasteiger partial charge in [-0.05, 0) is 56.5 Å². The normalized spacial score (nSPS) is 16.0. The third-order valence-electron chi connectivity index (χ3n) is 4.61. The molecule has 1 aliphatic heterocycles. The first-order valence-corrected chi connectivity index (χ1v) is 10.2. The van der Waals surface area contributed by atoms with Gasteiger partial charge in [-0.25, -0.2) is 4.98 Å². The van der Waals surface area contributed by atoms with Gasteiger partial charge in [0.2, 0.25) is 0 Å². The number of aryl methyl sites for hydroxylation is 1. The Morgan fingerprint density at radius 1 is 1.31 bits per heavy atom. The van der Waals surface area contributed by atoms with Crippen LogP contribution in [-0.4, -0.2) is 37.1 Å². The Morgan fingerprint density at radius 3 is 2.81 bits per heavy atom. The summed E-state index contributed by atoms with van der Waals surface area (Å²) in [5.74, 6) is 1.93. The molecule has 1 atom stereocenters. The number of hydrogen-bond acceptors (Lipinski definition) is 4. The molecule has 2 aromatic rings. The van der Waals surface area contributed by atoms with Crippen LogP contribution >= 0.6 is 11.3 Å². The van der Waals surface area contributed by atoms with Crippen LogP contribution in [0.4, 0.5) is 5.82 Å². The predicted molar refractivity (Wildman–Crippen MR) is 111 cm³/mol. The van der Waals surface area contributed by atoms with E-state index in [0.29, 0.717) is 6.04 Å². The number of nitrogens with one attached hydrogen (secondary N) is 2. The van der Waals surface area contributed by atoms with E-state index in [1.54, 1.807) is 0 Å². The lowest BCUT2D eigenvalue weighted by Gasteiger charge is -2.19. The monoisotopic (exact) mass is 371 g/mol. The fourth-order valence-corrected chi connectivity index (χ4v) is 4.27. The second-order valence-corrected chi connectivity index (χ2v) is 8.28. The molecule has 1 aliphatic rings. The Hall–Kier alpha value is -2.08. The van der Waals surface area contributed by atoms with Crippen molar-refractivity contribution in [3.05, 3.63) is 45.8 Å². The molecule has 26 heavy (non-hydrogen) atoms. The third kappa shape index (κ3) is 5.21. The van der Waals surface area contributed by atoms with Crippen molar-refractivity contribution in [1.29, 1.82) is 0 Å². The molecule has 0 spiro atoms. The topological polar surface area (TPSA) is 52.6 Å². The molecule has 3 heterocycles. The molecule has 3 rings (SSSR count). The number of pyridine rings is 1. The van der Waals surface area contributed by atoms with Gasteiger partial charge in [0.1, 0.15) is 5.82 Å². The molecular weight excluding hydrogens is 342 g/mol. The zero-order valence-electron chi connectivity index (χ0n) is 16.0. The predicted octanol–water partition coefficient (Wildman–Crippen LogP) is 3.35. The first kappa shape index (κ1) is 18.7. The molecule has 5 nitrogen and oxygen atoms in total. The molecule has 0 bridgehead atoms. The molecule has 2 aromatic heterocycles.